The molecule has 1 heterocycles. The zero-order valence-electron chi connectivity index (χ0n) is 15.9. The fourth-order valence-corrected chi connectivity index (χ4v) is 3.06. The minimum absolute atomic E-state index is 0.149. The molecule has 0 radical (unpaired) electrons. The van der Waals surface area contributed by atoms with Gasteiger partial charge in [0, 0.05) is 5.56 Å². The van der Waals surface area contributed by atoms with Crippen LogP contribution in [-0.2, 0) is 11.2 Å². The normalized spacial score (nSPS) is 10.8. The molecule has 0 fully saturated rings. The molecule has 3 aromatic rings. The number of rotatable bonds is 5. The fourth-order valence-electron chi connectivity index (χ4n) is 3.06. The lowest BCUT2D eigenvalue weighted by Crippen LogP contribution is -2.10. The van der Waals surface area contributed by atoms with Gasteiger partial charge < -0.3 is 13.9 Å². The van der Waals surface area contributed by atoms with E-state index in [1.54, 1.807) is 26.0 Å². The number of aryl methyl sites for hydroxylation is 3. The van der Waals surface area contributed by atoms with Gasteiger partial charge in [-0.2, -0.15) is 0 Å². The van der Waals surface area contributed by atoms with E-state index < -0.39 is 5.97 Å². The van der Waals surface area contributed by atoms with Gasteiger partial charge in [-0.15, -0.1) is 0 Å². The third kappa shape index (κ3) is 3.58. The van der Waals surface area contributed by atoms with Gasteiger partial charge >= 0.3 is 5.97 Å². The number of fused-ring (bicyclic) bond motifs is 1. The van der Waals surface area contributed by atoms with Crippen molar-refractivity contribution in [2.75, 3.05) is 7.11 Å². The molecule has 0 atom stereocenters. The minimum Gasteiger partial charge on any atom is -0.465 e. The minimum atomic E-state index is -0.470. The Kier molecular flexibility index (Phi) is 5.31. The molecule has 0 aliphatic carbocycles. The first-order valence-electron chi connectivity index (χ1n) is 8.88. The summed E-state index contributed by atoms with van der Waals surface area (Å²) in [5.74, 6) is 0.612. The molecule has 5 heteroatoms. The molecule has 0 saturated heterocycles. The van der Waals surface area contributed by atoms with Crippen molar-refractivity contribution in [2.45, 2.75) is 33.6 Å². The molecule has 0 spiro atoms. The summed E-state index contributed by atoms with van der Waals surface area (Å²) >= 11 is 0. The SMILES string of the molecule is CCCc1ccc(Oc2c(C)oc3c(C)c(C(=O)OC)ccc3c2=O)cc1. The van der Waals surface area contributed by atoms with Gasteiger partial charge in [-0.1, -0.05) is 25.5 Å². The summed E-state index contributed by atoms with van der Waals surface area (Å²) in [5, 5.41) is 0.364. The summed E-state index contributed by atoms with van der Waals surface area (Å²) in [6, 6.07) is 10.8. The van der Waals surface area contributed by atoms with Crippen LogP contribution in [0.4, 0.5) is 0 Å². The molecule has 27 heavy (non-hydrogen) atoms. The number of carbonyl (C=O) groups is 1. The number of hydrogen-bond donors (Lipinski definition) is 0. The van der Waals surface area contributed by atoms with E-state index in [-0.39, 0.29) is 11.2 Å². The summed E-state index contributed by atoms with van der Waals surface area (Å²) in [4.78, 5) is 24.8. The van der Waals surface area contributed by atoms with Crippen molar-refractivity contribution in [2.24, 2.45) is 0 Å². The largest absolute Gasteiger partial charge is 0.465 e. The van der Waals surface area contributed by atoms with Crippen LogP contribution in [0.1, 0.15) is 40.6 Å². The van der Waals surface area contributed by atoms with Crippen molar-refractivity contribution < 1.29 is 18.7 Å². The van der Waals surface area contributed by atoms with Gasteiger partial charge in [0.05, 0.1) is 18.1 Å². The predicted molar refractivity (Wildman–Crippen MR) is 104 cm³/mol. The molecular weight excluding hydrogens is 344 g/mol. The van der Waals surface area contributed by atoms with E-state index in [0.717, 1.165) is 12.8 Å². The molecule has 0 bridgehead atoms. The van der Waals surface area contributed by atoms with Gasteiger partial charge in [0.1, 0.15) is 17.1 Å². The van der Waals surface area contributed by atoms with E-state index in [1.165, 1.54) is 12.7 Å². The maximum absolute atomic E-state index is 12.9. The zero-order chi connectivity index (χ0) is 19.6. The molecule has 5 nitrogen and oxygen atoms in total. The summed E-state index contributed by atoms with van der Waals surface area (Å²) in [6.45, 7) is 5.53. The van der Waals surface area contributed by atoms with E-state index in [0.29, 0.717) is 33.6 Å². The van der Waals surface area contributed by atoms with Crippen LogP contribution in [0, 0.1) is 13.8 Å². The molecule has 0 amide bonds. The van der Waals surface area contributed by atoms with E-state index in [2.05, 4.69) is 6.92 Å². The summed E-state index contributed by atoms with van der Waals surface area (Å²) < 4.78 is 16.4. The average molecular weight is 366 g/mol. The third-order valence-electron chi connectivity index (χ3n) is 4.52. The average Bonchev–Trinajstić information content (AvgIpc) is 2.67. The van der Waals surface area contributed by atoms with Crippen molar-refractivity contribution in [1.82, 2.24) is 0 Å². The van der Waals surface area contributed by atoms with Crippen LogP contribution < -0.4 is 10.2 Å². The van der Waals surface area contributed by atoms with Crippen molar-refractivity contribution in [3.05, 3.63) is 69.1 Å². The first-order valence-corrected chi connectivity index (χ1v) is 8.88. The highest BCUT2D eigenvalue weighted by molar-refractivity contribution is 5.96. The number of ether oxygens (including phenoxy) is 2. The van der Waals surface area contributed by atoms with Gasteiger partial charge in [-0.05, 0) is 50.1 Å². The number of esters is 1. The summed E-state index contributed by atoms with van der Waals surface area (Å²) in [5.41, 5.74) is 2.25. The van der Waals surface area contributed by atoms with Crippen LogP contribution in [0.15, 0.2) is 45.6 Å². The van der Waals surface area contributed by atoms with E-state index in [9.17, 15) is 9.59 Å². The van der Waals surface area contributed by atoms with E-state index in [1.807, 2.05) is 24.3 Å². The number of methoxy groups -OCH3 is 1. The van der Waals surface area contributed by atoms with Gasteiger partial charge in [-0.25, -0.2) is 4.79 Å². The highest BCUT2D eigenvalue weighted by Crippen LogP contribution is 2.28. The van der Waals surface area contributed by atoms with Crippen molar-refractivity contribution in [1.29, 1.82) is 0 Å². The molecule has 0 unspecified atom stereocenters. The monoisotopic (exact) mass is 366 g/mol. The van der Waals surface area contributed by atoms with Gasteiger partial charge in [0.15, 0.2) is 0 Å². The first kappa shape index (κ1) is 18.7. The molecule has 1 aromatic heterocycles. The molecule has 0 saturated carbocycles. The van der Waals surface area contributed by atoms with Crippen molar-refractivity contribution in [3.63, 3.8) is 0 Å². The Bertz CT molecular complexity index is 1040. The maximum Gasteiger partial charge on any atom is 0.338 e. The van der Waals surface area contributed by atoms with Gasteiger partial charge in [0.2, 0.25) is 11.2 Å². The molecule has 3 rings (SSSR count). The lowest BCUT2D eigenvalue weighted by atomic mass is 10.0. The highest BCUT2D eigenvalue weighted by Gasteiger charge is 2.19. The second-order valence-corrected chi connectivity index (χ2v) is 6.42. The number of benzene rings is 2. The second-order valence-electron chi connectivity index (χ2n) is 6.42. The van der Waals surface area contributed by atoms with E-state index >= 15 is 0 Å². The van der Waals surface area contributed by atoms with Crippen LogP contribution in [-0.4, -0.2) is 13.1 Å². The zero-order valence-corrected chi connectivity index (χ0v) is 15.9. The van der Waals surface area contributed by atoms with Gasteiger partial charge in [-0.3, -0.25) is 4.79 Å². The van der Waals surface area contributed by atoms with Crippen molar-refractivity contribution >= 4 is 16.9 Å². The predicted octanol–water partition coefficient (Wildman–Crippen LogP) is 4.94. The highest BCUT2D eigenvalue weighted by atomic mass is 16.5. The van der Waals surface area contributed by atoms with Crippen molar-refractivity contribution in [3.8, 4) is 11.5 Å². The smallest absolute Gasteiger partial charge is 0.338 e. The summed E-state index contributed by atoms with van der Waals surface area (Å²) in [7, 11) is 1.32. The Morgan fingerprint density at radius 3 is 2.41 bits per heavy atom. The fraction of sp³-hybridized carbons (Fsp3) is 0.273. The standard InChI is InChI=1S/C22H22O5/c1-5-6-15-7-9-16(10-8-15)27-21-14(3)26-20-13(2)17(22(24)25-4)11-12-18(20)19(21)23/h7-12H,5-6H2,1-4H3. The molecule has 0 aliphatic heterocycles. The Hall–Kier alpha value is -3.08. The Balaban J connectivity index is 2.04. The van der Waals surface area contributed by atoms with Crippen LogP contribution in [0.2, 0.25) is 0 Å². The third-order valence-corrected chi connectivity index (χ3v) is 4.52. The topological polar surface area (TPSA) is 65.7 Å². The Labute approximate surface area is 157 Å². The quantitative estimate of drug-likeness (QED) is 0.598. The Morgan fingerprint density at radius 1 is 1.07 bits per heavy atom. The lowest BCUT2D eigenvalue weighted by molar-refractivity contribution is 0.0600. The number of carbonyl (C=O) groups excluding carboxylic acids is 1. The number of hydrogen-bond acceptors (Lipinski definition) is 5. The molecule has 2 aromatic carbocycles. The lowest BCUT2D eigenvalue weighted by Gasteiger charge is -2.11. The van der Waals surface area contributed by atoms with Crippen LogP contribution in [0.25, 0.3) is 11.0 Å². The summed E-state index contributed by atoms with van der Waals surface area (Å²) in [6.07, 6.45) is 2.07. The van der Waals surface area contributed by atoms with Crippen LogP contribution in [0.5, 0.6) is 11.5 Å². The van der Waals surface area contributed by atoms with Gasteiger partial charge in [0.25, 0.3) is 0 Å². The van der Waals surface area contributed by atoms with E-state index in [4.69, 9.17) is 13.9 Å². The van der Waals surface area contributed by atoms with Crippen LogP contribution >= 0.6 is 0 Å². The molecular formula is C22H22O5. The molecule has 0 aliphatic rings. The molecule has 0 N–H and O–H groups in total. The van der Waals surface area contributed by atoms with Crippen LogP contribution in [0.3, 0.4) is 0 Å². The second kappa shape index (κ2) is 7.66. The Morgan fingerprint density at radius 2 is 1.78 bits per heavy atom. The molecule has 140 valence electrons. The first-order chi connectivity index (χ1) is 13.0. The maximum atomic E-state index is 12.9.